The average molecular weight is 352 g/mol. The highest BCUT2D eigenvalue weighted by Gasteiger charge is 2.33. The number of benzene rings is 1. The maximum atomic E-state index is 13.0. The van der Waals surface area contributed by atoms with Gasteiger partial charge in [0.15, 0.2) is 0 Å². The number of hydrogen-bond acceptors (Lipinski definition) is 5. The lowest BCUT2D eigenvalue weighted by Gasteiger charge is -2.32. The zero-order chi connectivity index (χ0) is 17.5. The van der Waals surface area contributed by atoms with Crippen molar-refractivity contribution in [1.82, 2.24) is 15.1 Å². The standard InChI is InChI=1S/C20H24N4O2/c25-20(24-12-9-14-3-1-2-4-17(14)24)16-7-10-23(11-8-16)13-18-21-22-19(26-18)15-5-6-15/h1-4,15-16H,5-13H2. The molecule has 1 aromatic heterocycles. The Balaban J connectivity index is 1.17. The molecule has 2 aliphatic heterocycles. The monoisotopic (exact) mass is 352 g/mol. The molecule has 1 aromatic carbocycles. The van der Waals surface area contributed by atoms with Gasteiger partial charge in [-0.25, -0.2) is 0 Å². The van der Waals surface area contributed by atoms with Crippen LogP contribution in [0.5, 0.6) is 0 Å². The van der Waals surface area contributed by atoms with Gasteiger partial charge in [-0.15, -0.1) is 10.2 Å². The Morgan fingerprint density at radius 2 is 1.88 bits per heavy atom. The number of amides is 1. The van der Waals surface area contributed by atoms with Gasteiger partial charge in [0, 0.05) is 24.1 Å². The number of anilines is 1. The Labute approximate surface area is 153 Å². The molecular formula is C20H24N4O2. The fraction of sp³-hybridized carbons (Fsp3) is 0.550. The van der Waals surface area contributed by atoms with Crippen LogP contribution >= 0.6 is 0 Å². The Morgan fingerprint density at radius 1 is 1.08 bits per heavy atom. The minimum absolute atomic E-state index is 0.127. The number of nitrogens with zero attached hydrogens (tertiary/aromatic N) is 4. The topological polar surface area (TPSA) is 62.5 Å². The second-order valence-electron chi connectivity index (χ2n) is 7.73. The molecule has 1 saturated heterocycles. The van der Waals surface area contributed by atoms with E-state index in [1.807, 2.05) is 11.0 Å². The molecule has 2 aromatic rings. The summed E-state index contributed by atoms with van der Waals surface area (Å²) in [6.07, 6.45) is 5.13. The predicted molar refractivity (Wildman–Crippen MR) is 96.8 cm³/mol. The first-order valence-electron chi connectivity index (χ1n) is 9.72. The van der Waals surface area contributed by atoms with Crippen LogP contribution in [0, 0.1) is 5.92 Å². The van der Waals surface area contributed by atoms with Crippen molar-refractivity contribution in [2.75, 3.05) is 24.5 Å². The third-order valence-corrected chi connectivity index (χ3v) is 5.86. The van der Waals surface area contributed by atoms with Crippen molar-refractivity contribution in [2.24, 2.45) is 5.92 Å². The first kappa shape index (κ1) is 16.0. The molecule has 1 aliphatic carbocycles. The predicted octanol–water partition coefficient (Wildman–Crippen LogP) is 2.75. The molecular weight excluding hydrogens is 328 g/mol. The van der Waals surface area contributed by atoms with Crippen LogP contribution in [0.1, 0.15) is 48.9 Å². The van der Waals surface area contributed by atoms with Crippen molar-refractivity contribution in [3.8, 4) is 0 Å². The molecule has 6 heteroatoms. The van der Waals surface area contributed by atoms with Crippen molar-refractivity contribution in [3.05, 3.63) is 41.6 Å². The van der Waals surface area contributed by atoms with Gasteiger partial charge in [-0.3, -0.25) is 9.69 Å². The highest BCUT2D eigenvalue weighted by Crippen LogP contribution is 2.39. The summed E-state index contributed by atoms with van der Waals surface area (Å²) in [7, 11) is 0. The second kappa shape index (κ2) is 6.50. The molecule has 3 heterocycles. The van der Waals surface area contributed by atoms with Gasteiger partial charge in [0.2, 0.25) is 17.7 Å². The molecule has 5 rings (SSSR count). The van der Waals surface area contributed by atoms with Gasteiger partial charge in [0.1, 0.15) is 0 Å². The Bertz CT molecular complexity index is 806. The summed E-state index contributed by atoms with van der Waals surface area (Å²) < 4.78 is 5.77. The average Bonchev–Trinajstić information content (AvgIpc) is 3.27. The summed E-state index contributed by atoms with van der Waals surface area (Å²) in [5, 5.41) is 8.34. The van der Waals surface area contributed by atoms with E-state index in [0.29, 0.717) is 24.3 Å². The minimum Gasteiger partial charge on any atom is -0.424 e. The van der Waals surface area contributed by atoms with E-state index in [1.54, 1.807) is 0 Å². The summed E-state index contributed by atoms with van der Waals surface area (Å²) in [6, 6.07) is 8.28. The van der Waals surface area contributed by atoms with Crippen LogP contribution in [0.3, 0.4) is 0 Å². The largest absolute Gasteiger partial charge is 0.424 e. The molecule has 1 amide bonds. The minimum atomic E-state index is 0.127. The molecule has 0 unspecified atom stereocenters. The molecule has 0 N–H and O–H groups in total. The fourth-order valence-electron chi connectivity index (χ4n) is 4.14. The molecule has 0 atom stereocenters. The number of piperidine rings is 1. The number of likely N-dealkylation sites (tertiary alicyclic amines) is 1. The summed E-state index contributed by atoms with van der Waals surface area (Å²) in [6.45, 7) is 3.34. The first-order chi connectivity index (χ1) is 12.8. The second-order valence-corrected chi connectivity index (χ2v) is 7.73. The highest BCUT2D eigenvalue weighted by molar-refractivity contribution is 5.97. The molecule has 6 nitrogen and oxygen atoms in total. The van der Waals surface area contributed by atoms with Crippen LogP contribution in [-0.2, 0) is 17.8 Å². The summed E-state index contributed by atoms with van der Waals surface area (Å²) >= 11 is 0. The quantitative estimate of drug-likeness (QED) is 0.847. The lowest BCUT2D eigenvalue weighted by atomic mass is 9.95. The molecule has 136 valence electrons. The molecule has 0 radical (unpaired) electrons. The van der Waals surface area contributed by atoms with Gasteiger partial charge in [0.25, 0.3) is 0 Å². The maximum absolute atomic E-state index is 13.0. The summed E-state index contributed by atoms with van der Waals surface area (Å²) in [4.78, 5) is 17.3. The zero-order valence-corrected chi connectivity index (χ0v) is 14.9. The number of para-hydroxylation sites is 1. The van der Waals surface area contributed by atoms with Crippen molar-refractivity contribution >= 4 is 11.6 Å². The van der Waals surface area contributed by atoms with E-state index in [2.05, 4.69) is 33.3 Å². The lowest BCUT2D eigenvalue weighted by Crippen LogP contribution is -2.42. The number of hydrogen-bond donors (Lipinski definition) is 0. The molecule has 3 aliphatic rings. The zero-order valence-electron chi connectivity index (χ0n) is 14.9. The van der Waals surface area contributed by atoms with E-state index in [4.69, 9.17) is 4.42 Å². The maximum Gasteiger partial charge on any atom is 0.230 e. The number of carbonyl (C=O) groups is 1. The summed E-state index contributed by atoms with van der Waals surface area (Å²) in [5.74, 6) is 2.44. The normalized spacial score (nSPS) is 21.2. The molecule has 1 saturated carbocycles. The smallest absolute Gasteiger partial charge is 0.230 e. The molecule has 2 fully saturated rings. The van der Waals surface area contributed by atoms with Gasteiger partial charge < -0.3 is 9.32 Å². The number of aromatic nitrogens is 2. The van der Waals surface area contributed by atoms with Gasteiger partial charge in [-0.2, -0.15) is 0 Å². The van der Waals surface area contributed by atoms with Crippen molar-refractivity contribution in [2.45, 2.75) is 44.6 Å². The van der Waals surface area contributed by atoms with Gasteiger partial charge in [0.05, 0.1) is 6.54 Å². The van der Waals surface area contributed by atoms with E-state index in [0.717, 1.165) is 50.5 Å². The van der Waals surface area contributed by atoms with Crippen LogP contribution in [0.2, 0.25) is 0 Å². The van der Waals surface area contributed by atoms with Crippen LogP contribution in [0.4, 0.5) is 5.69 Å². The SMILES string of the molecule is O=C(C1CCN(Cc2nnc(C3CC3)o2)CC1)N1CCc2ccccc21. The van der Waals surface area contributed by atoms with Crippen molar-refractivity contribution in [1.29, 1.82) is 0 Å². The Kier molecular flexibility index (Phi) is 4.00. The van der Waals surface area contributed by atoms with E-state index in [9.17, 15) is 4.79 Å². The van der Waals surface area contributed by atoms with Crippen molar-refractivity contribution in [3.63, 3.8) is 0 Å². The fourth-order valence-corrected chi connectivity index (χ4v) is 4.14. The third kappa shape index (κ3) is 3.03. The van der Waals surface area contributed by atoms with E-state index in [1.165, 1.54) is 18.4 Å². The lowest BCUT2D eigenvalue weighted by molar-refractivity contribution is -0.123. The highest BCUT2D eigenvalue weighted by atomic mass is 16.4. The van der Waals surface area contributed by atoms with Gasteiger partial charge in [-0.1, -0.05) is 18.2 Å². The number of fused-ring (bicyclic) bond motifs is 1. The summed E-state index contributed by atoms with van der Waals surface area (Å²) in [5.41, 5.74) is 2.40. The van der Waals surface area contributed by atoms with Crippen LogP contribution in [-0.4, -0.2) is 40.6 Å². The number of carbonyl (C=O) groups excluding carboxylic acids is 1. The van der Waals surface area contributed by atoms with Crippen molar-refractivity contribution < 1.29 is 9.21 Å². The van der Waals surface area contributed by atoms with Crippen LogP contribution in [0.15, 0.2) is 28.7 Å². The molecule has 0 spiro atoms. The number of rotatable bonds is 4. The van der Waals surface area contributed by atoms with Crippen LogP contribution in [0.25, 0.3) is 0 Å². The van der Waals surface area contributed by atoms with E-state index >= 15 is 0 Å². The molecule has 26 heavy (non-hydrogen) atoms. The molecule has 0 bridgehead atoms. The third-order valence-electron chi connectivity index (χ3n) is 5.86. The van der Waals surface area contributed by atoms with Gasteiger partial charge in [-0.05, 0) is 56.8 Å². The van der Waals surface area contributed by atoms with E-state index < -0.39 is 0 Å². The Hall–Kier alpha value is -2.21. The van der Waals surface area contributed by atoms with E-state index in [-0.39, 0.29) is 5.92 Å². The van der Waals surface area contributed by atoms with Gasteiger partial charge >= 0.3 is 0 Å². The first-order valence-corrected chi connectivity index (χ1v) is 9.72. The Morgan fingerprint density at radius 3 is 2.69 bits per heavy atom. The van der Waals surface area contributed by atoms with Crippen LogP contribution < -0.4 is 4.90 Å².